The monoisotopic (exact) mass is 1710 g/mol. The number of likely N-dealkylation sites (tertiary alicyclic amines) is 1. The molecular formula is C73H130N22O21S2. The number of thiol groups is 2. The maximum Gasteiger partial charge on any atom is 0.326 e. The Morgan fingerprint density at radius 2 is 0.864 bits per heavy atom. The molecule has 1 fully saturated rings. The number of carboxylic acid groups (broad SMARTS) is 1. The highest BCUT2D eigenvalue weighted by molar-refractivity contribution is 7.80. The molecule has 0 spiro atoms. The average Bonchev–Trinajstić information content (AvgIpc) is 1.56. The number of carboxylic acids is 1. The standard InChI is InChI=1S/C73H130N22O21S2/c1-14-38(10)56(70(113)86-43(19-15-16-24-74)60(103)93-57(40(12)96)67(110)81-29-51(99)83-39(11)71(114)95-26-18-21-49(95)65(108)89-47(32-117)63(106)87-45(72(115)116)20-17-25-79-73(77)78)92-61(104)44(22-23-50(76)98)84-52(100)30-82-68(111)58(41(13)97)94-64(107)48(33-118)88-62(105)46(28-35(4)5)85-53(101)31-80-66(109)54(36(6)7)91-69(112)55(37(8)9)90-59(102)42(75)27-34(2)3/h34-49,54-58,96-97,117-118H,14-33,74-75H2,1-13H3,(H2,76,98)(H,80,109)(H,81,110)(H,82,111)(H,83,99)(H,84,100)(H,85,101)(H,86,113)(H,87,106)(H,88,105)(H,89,108)(H,90,102)(H,91,112)(H,92,104)(H,93,103)(H,94,107)(H,115,116)(H4,77,78,79)/t38-,39-,40+,41+,42-,43-,44-,45-,46-,47-,48-,49-,54-,55-,56-,57-,58-/m0/s1. The minimum atomic E-state index is -1.82. The number of nitrogens with zero attached hydrogens (tertiary/aromatic N) is 2. The largest absolute Gasteiger partial charge is 0.480 e. The van der Waals surface area contributed by atoms with Crippen LogP contribution in [0.25, 0.3) is 0 Å². The van der Waals surface area contributed by atoms with Crippen molar-refractivity contribution >= 4 is 138 Å². The summed E-state index contributed by atoms with van der Waals surface area (Å²) in [6.07, 6.45) is -2.62. The fourth-order valence-corrected chi connectivity index (χ4v) is 12.4. The third-order valence-electron chi connectivity index (χ3n) is 18.8. The van der Waals surface area contributed by atoms with Gasteiger partial charge in [0.25, 0.3) is 0 Å². The van der Waals surface area contributed by atoms with Gasteiger partial charge in [-0.15, -0.1) is 0 Å². The lowest BCUT2D eigenvalue weighted by Gasteiger charge is -2.29. The molecule has 1 saturated heterocycles. The second kappa shape index (κ2) is 54.4. The number of carbonyl (C=O) groups is 18. The quantitative estimate of drug-likeness (QED) is 0.0116. The van der Waals surface area contributed by atoms with Crippen molar-refractivity contribution in [1.29, 1.82) is 0 Å². The maximum absolute atomic E-state index is 14.4. The maximum atomic E-state index is 14.4. The number of hydrogen-bond acceptors (Lipinski definition) is 25. The first-order valence-corrected chi connectivity index (χ1v) is 40.8. The molecule has 0 unspecified atom stereocenters. The number of unbranched alkanes of at least 4 members (excludes halogenated alkanes) is 1. The number of aliphatic carboxylic acids is 1. The normalized spacial score (nSPS) is 16.6. The number of nitrogens with two attached hydrogens (primary N) is 5. The van der Waals surface area contributed by atoms with Gasteiger partial charge in [0.15, 0.2) is 5.96 Å². The molecule has 0 aromatic rings. The SMILES string of the molecule is CC[C@H](C)[C@H](NC(=O)[C@H](CCC(N)=O)NC(=O)CNC(=O)[C@@H](NC(=O)[C@H](CS)NC(=O)[C@H](CC(C)C)NC(=O)CNC(=O)[C@@H](NC(=O)[C@@H](NC(=O)[C@@H](N)CC(C)C)C(C)C)C(C)C)[C@@H](C)O)C(=O)N[C@@H](CCCCN)C(=O)N[C@H](C(=O)NCC(=O)N[C@@H](C)C(=O)N1CCC[C@H]1C(=O)N[C@@H](CS)C(=O)N[C@@H](CCCN=C(N)N)C(=O)O)[C@@H](C)O. The molecule has 1 heterocycles. The Morgan fingerprint density at radius 1 is 0.458 bits per heavy atom. The first-order chi connectivity index (χ1) is 55.2. The number of aliphatic hydroxyl groups excluding tert-OH is 2. The van der Waals surface area contributed by atoms with E-state index in [0.717, 1.165) is 13.8 Å². The number of aliphatic hydroxyl groups is 2. The fourth-order valence-electron chi connectivity index (χ4n) is 11.9. The molecular weight excluding hydrogens is 1590 g/mol. The highest BCUT2D eigenvalue weighted by atomic mass is 32.1. The summed E-state index contributed by atoms with van der Waals surface area (Å²) in [4.78, 5) is 247. The van der Waals surface area contributed by atoms with Gasteiger partial charge in [-0.05, 0) is 121 Å². The molecule has 28 N–H and O–H groups in total. The third-order valence-corrected chi connectivity index (χ3v) is 19.5. The van der Waals surface area contributed by atoms with Gasteiger partial charge in [0.2, 0.25) is 100 Å². The zero-order valence-corrected chi connectivity index (χ0v) is 71.4. The topological polar surface area (TPSA) is 694 Å². The zero-order chi connectivity index (χ0) is 90.1. The van der Waals surface area contributed by atoms with Gasteiger partial charge in [0.05, 0.1) is 37.9 Å². The molecule has 17 amide bonds. The molecule has 43 nitrogen and oxygen atoms in total. The second-order valence-electron chi connectivity index (χ2n) is 30.7. The number of nitrogens with one attached hydrogen (secondary N) is 15. The Labute approximate surface area is 698 Å². The Kier molecular flexibility index (Phi) is 49.0. The van der Waals surface area contributed by atoms with E-state index in [2.05, 4.69) is 110 Å². The molecule has 0 radical (unpaired) electrons. The minimum Gasteiger partial charge on any atom is -0.480 e. The van der Waals surface area contributed by atoms with E-state index < -0.39 is 259 Å². The number of amides is 17. The molecule has 0 bridgehead atoms. The zero-order valence-electron chi connectivity index (χ0n) is 69.6. The number of guanidine groups is 1. The van der Waals surface area contributed by atoms with Crippen LogP contribution in [-0.4, -0.2) is 280 Å². The molecule has 670 valence electrons. The molecule has 0 aliphatic carbocycles. The van der Waals surface area contributed by atoms with Gasteiger partial charge >= 0.3 is 5.97 Å². The van der Waals surface area contributed by atoms with E-state index in [1.807, 2.05) is 13.8 Å². The lowest BCUT2D eigenvalue weighted by molar-refractivity contribution is -0.143. The summed E-state index contributed by atoms with van der Waals surface area (Å²) in [6, 6.07) is -19.3. The summed E-state index contributed by atoms with van der Waals surface area (Å²) in [7, 11) is 0. The van der Waals surface area contributed by atoms with Crippen molar-refractivity contribution in [2.75, 3.05) is 50.8 Å². The van der Waals surface area contributed by atoms with Gasteiger partial charge in [-0.1, -0.05) is 75.7 Å². The Bertz CT molecular complexity index is 3440. The molecule has 1 aliphatic rings. The Balaban J connectivity index is 3.21. The first-order valence-electron chi connectivity index (χ1n) is 39.5. The molecule has 17 atom stereocenters. The van der Waals surface area contributed by atoms with E-state index in [1.54, 1.807) is 55.4 Å². The van der Waals surface area contributed by atoms with Crippen molar-refractivity contribution in [3.63, 3.8) is 0 Å². The van der Waals surface area contributed by atoms with E-state index in [1.165, 1.54) is 11.8 Å². The summed E-state index contributed by atoms with van der Waals surface area (Å²) in [6.45, 7) is 18.6. The summed E-state index contributed by atoms with van der Waals surface area (Å²) < 4.78 is 0. The van der Waals surface area contributed by atoms with Crippen LogP contribution in [0.15, 0.2) is 4.99 Å². The van der Waals surface area contributed by atoms with Crippen molar-refractivity contribution in [1.82, 2.24) is 84.7 Å². The number of hydrogen-bond donors (Lipinski definition) is 25. The molecule has 0 saturated carbocycles. The lowest BCUT2D eigenvalue weighted by Crippen LogP contribution is -2.61. The van der Waals surface area contributed by atoms with Crippen molar-refractivity contribution in [2.24, 2.45) is 63.3 Å². The van der Waals surface area contributed by atoms with E-state index in [-0.39, 0.29) is 88.1 Å². The van der Waals surface area contributed by atoms with Crippen LogP contribution in [0.3, 0.4) is 0 Å². The van der Waals surface area contributed by atoms with E-state index in [0.29, 0.717) is 19.3 Å². The van der Waals surface area contributed by atoms with Gasteiger partial charge in [-0.3, -0.25) is 86.5 Å². The smallest absolute Gasteiger partial charge is 0.326 e. The molecule has 45 heteroatoms. The van der Waals surface area contributed by atoms with Crippen molar-refractivity contribution < 1.29 is 102 Å². The summed E-state index contributed by atoms with van der Waals surface area (Å²) in [5.41, 5.74) is 27.8. The van der Waals surface area contributed by atoms with E-state index in [9.17, 15) is 102 Å². The van der Waals surface area contributed by atoms with Gasteiger partial charge in [0, 0.05) is 31.0 Å². The highest BCUT2D eigenvalue weighted by Crippen LogP contribution is 2.20. The van der Waals surface area contributed by atoms with Crippen LogP contribution in [0.5, 0.6) is 0 Å². The number of carbonyl (C=O) groups excluding carboxylic acids is 17. The number of rotatable bonds is 55. The minimum absolute atomic E-state index is 0.0110. The third kappa shape index (κ3) is 38.8. The summed E-state index contributed by atoms with van der Waals surface area (Å²) in [5, 5.41) is 67.9. The Morgan fingerprint density at radius 3 is 1.33 bits per heavy atom. The summed E-state index contributed by atoms with van der Waals surface area (Å²) in [5.74, 6) is -19.3. The second-order valence-corrected chi connectivity index (χ2v) is 31.4. The average molecular weight is 1720 g/mol. The van der Waals surface area contributed by atoms with Crippen LogP contribution in [0.1, 0.15) is 167 Å². The Hall–Kier alpha value is -9.73. The summed E-state index contributed by atoms with van der Waals surface area (Å²) >= 11 is 8.35. The molecule has 0 aromatic heterocycles. The lowest BCUT2D eigenvalue weighted by atomic mass is 9.96. The van der Waals surface area contributed by atoms with Crippen molar-refractivity contribution in [2.45, 2.75) is 264 Å². The van der Waals surface area contributed by atoms with Gasteiger partial charge < -0.3 is 129 Å². The van der Waals surface area contributed by atoms with Gasteiger partial charge in [0.1, 0.15) is 78.5 Å². The molecule has 1 aliphatic heterocycles. The van der Waals surface area contributed by atoms with Gasteiger partial charge in [-0.2, -0.15) is 25.3 Å². The van der Waals surface area contributed by atoms with E-state index >= 15 is 0 Å². The van der Waals surface area contributed by atoms with Crippen LogP contribution >= 0.6 is 25.3 Å². The van der Waals surface area contributed by atoms with Crippen LogP contribution < -0.4 is 108 Å². The predicted octanol–water partition coefficient (Wildman–Crippen LogP) is -7.90. The number of aliphatic imine (C=N–C) groups is 1. The fraction of sp³-hybridized carbons (Fsp3) is 0.740. The molecule has 0 aromatic carbocycles. The molecule has 118 heavy (non-hydrogen) atoms. The van der Waals surface area contributed by atoms with Crippen LogP contribution in [-0.2, 0) is 86.3 Å². The van der Waals surface area contributed by atoms with Gasteiger partial charge in [-0.25, -0.2) is 4.79 Å². The van der Waals surface area contributed by atoms with E-state index in [4.69, 9.17) is 28.7 Å². The predicted molar refractivity (Wildman–Crippen MR) is 439 cm³/mol. The van der Waals surface area contributed by atoms with Crippen LogP contribution in [0.4, 0.5) is 0 Å². The molecule has 1 rings (SSSR count). The number of primary amides is 1. The highest BCUT2D eigenvalue weighted by Gasteiger charge is 2.41. The van der Waals surface area contributed by atoms with Crippen molar-refractivity contribution in [3.05, 3.63) is 0 Å². The van der Waals surface area contributed by atoms with Crippen LogP contribution in [0.2, 0.25) is 0 Å². The van der Waals surface area contributed by atoms with Crippen LogP contribution in [0, 0.1) is 29.6 Å². The van der Waals surface area contributed by atoms with Crippen molar-refractivity contribution in [3.8, 4) is 0 Å². The first kappa shape index (κ1) is 106.